The lowest BCUT2D eigenvalue weighted by Crippen LogP contribution is -2.38. The van der Waals surface area contributed by atoms with Gasteiger partial charge in [0, 0.05) is 30.9 Å². The number of halogens is 3. The van der Waals surface area contributed by atoms with E-state index in [1.807, 2.05) is 24.3 Å². The van der Waals surface area contributed by atoms with Gasteiger partial charge in [0.25, 0.3) is 0 Å². The minimum Gasteiger partial charge on any atom is -0.497 e. The number of aryl methyl sites for hydroxylation is 1. The topological polar surface area (TPSA) is 120 Å². The maximum absolute atomic E-state index is 13.5. The summed E-state index contributed by atoms with van der Waals surface area (Å²) in [6.07, 6.45) is -1.53. The van der Waals surface area contributed by atoms with Crippen LogP contribution < -0.4 is 25.0 Å². The molecule has 1 aliphatic heterocycles. The van der Waals surface area contributed by atoms with Crippen LogP contribution in [-0.4, -0.2) is 58.2 Å². The molecule has 0 bridgehead atoms. The number of carbonyl (C=O) groups excluding carboxylic acids is 1. The van der Waals surface area contributed by atoms with E-state index in [1.165, 1.54) is 37.3 Å². The van der Waals surface area contributed by atoms with Gasteiger partial charge >= 0.3 is 12.1 Å². The second-order valence-corrected chi connectivity index (χ2v) is 10.6. The zero-order valence-electron chi connectivity index (χ0n) is 24.5. The molecule has 6 rings (SSSR count). The number of ether oxygens (including phenoxy) is 2. The van der Waals surface area contributed by atoms with E-state index >= 15 is 0 Å². The molecule has 0 spiro atoms. The third kappa shape index (κ3) is 6.55. The molecule has 5 aromatic rings. The number of nitrogens with zero attached hydrogens (tertiary/aromatic N) is 5. The van der Waals surface area contributed by atoms with Crippen LogP contribution in [0.3, 0.4) is 0 Å². The molecule has 4 heterocycles. The van der Waals surface area contributed by atoms with Crippen molar-refractivity contribution in [2.45, 2.75) is 38.5 Å². The number of fused-ring (bicyclic) bond motifs is 1. The third-order valence-electron chi connectivity index (χ3n) is 7.34. The van der Waals surface area contributed by atoms with Crippen molar-refractivity contribution in [3.63, 3.8) is 0 Å². The Morgan fingerprint density at radius 1 is 1.13 bits per heavy atom. The molecule has 0 aliphatic carbocycles. The first-order chi connectivity index (χ1) is 21.7. The Bertz CT molecular complexity index is 1780. The zero-order chi connectivity index (χ0) is 31.6. The predicted molar refractivity (Wildman–Crippen MR) is 160 cm³/mol. The zero-order valence-corrected chi connectivity index (χ0v) is 24.5. The second-order valence-electron chi connectivity index (χ2n) is 10.6. The first kappa shape index (κ1) is 29.9. The lowest BCUT2D eigenvalue weighted by molar-refractivity contribution is -0.169. The molecule has 1 atom stereocenters. The van der Waals surface area contributed by atoms with Gasteiger partial charge in [-0.2, -0.15) is 18.3 Å². The van der Waals surface area contributed by atoms with Gasteiger partial charge in [0.05, 0.1) is 19.3 Å². The van der Waals surface area contributed by atoms with Gasteiger partial charge in [0.2, 0.25) is 0 Å². The van der Waals surface area contributed by atoms with E-state index in [0.717, 1.165) is 37.2 Å². The van der Waals surface area contributed by atoms with Gasteiger partial charge in [-0.3, -0.25) is 9.69 Å². The smallest absolute Gasteiger partial charge is 0.472 e. The quantitative estimate of drug-likeness (QED) is 0.205. The van der Waals surface area contributed by atoms with Gasteiger partial charge in [0.1, 0.15) is 28.4 Å². The molecule has 0 radical (unpaired) electrons. The molecular formula is C31H30F3N7O4. The van der Waals surface area contributed by atoms with Crippen LogP contribution in [-0.2, 0) is 11.3 Å². The number of anilines is 3. The molecule has 45 heavy (non-hydrogen) atoms. The van der Waals surface area contributed by atoms with Gasteiger partial charge in [-0.15, -0.1) is 0 Å². The normalized spacial score (nSPS) is 15.2. The first-order valence-electron chi connectivity index (χ1n) is 14.3. The minimum absolute atomic E-state index is 0.0580. The number of rotatable bonds is 9. The summed E-state index contributed by atoms with van der Waals surface area (Å²) in [5, 5.41) is 16.1. The van der Waals surface area contributed by atoms with Gasteiger partial charge in [-0.1, -0.05) is 17.3 Å². The molecule has 0 saturated carbocycles. The summed E-state index contributed by atoms with van der Waals surface area (Å²) in [5.74, 6) is 0.0144. The van der Waals surface area contributed by atoms with E-state index in [2.05, 4.69) is 20.8 Å². The van der Waals surface area contributed by atoms with E-state index in [-0.39, 0.29) is 23.3 Å². The van der Waals surface area contributed by atoms with E-state index in [4.69, 9.17) is 19.1 Å². The van der Waals surface area contributed by atoms with Gasteiger partial charge < -0.3 is 24.6 Å². The van der Waals surface area contributed by atoms with Crippen molar-refractivity contribution >= 4 is 34.3 Å². The monoisotopic (exact) mass is 621 g/mol. The molecular weight excluding hydrogens is 591 g/mol. The van der Waals surface area contributed by atoms with Crippen LogP contribution in [0.4, 0.5) is 30.5 Å². The number of carbonyl (C=O) groups is 1. The van der Waals surface area contributed by atoms with Gasteiger partial charge in [-0.25, -0.2) is 9.67 Å². The van der Waals surface area contributed by atoms with Crippen molar-refractivity contribution in [2.75, 3.05) is 30.4 Å². The molecule has 234 valence electrons. The Balaban J connectivity index is 1.33. The first-order valence-corrected chi connectivity index (χ1v) is 14.3. The lowest BCUT2D eigenvalue weighted by atomic mass is 10.1. The largest absolute Gasteiger partial charge is 0.497 e. The minimum atomic E-state index is -5.13. The van der Waals surface area contributed by atoms with Crippen LogP contribution in [0.1, 0.15) is 24.2 Å². The number of methoxy groups -OCH3 is 1. The van der Waals surface area contributed by atoms with E-state index < -0.39 is 12.1 Å². The molecule has 0 unspecified atom stereocenters. The Hall–Kier alpha value is -5.11. The number of amides is 1. The van der Waals surface area contributed by atoms with Crippen molar-refractivity contribution < 1.29 is 32.0 Å². The van der Waals surface area contributed by atoms with Crippen molar-refractivity contribution in [1.29, 1.82) is 0 Å². The average molecular weight is 622 g/mol. The highest BCUT2D eigenvalue weighted by molar-refractivity contribution is 6.03. The summed E-state index contributed by atoms with van der Waals surface area (Å²) in [7, 11) is 1.61. The van der Waals surface area contributed by atoms with Crippen molar-refractivity contribution in [1.82, 2.24) is 25.2 Å². The SMILES string of the molecule is COc1ccc(Cn2nc(N[C@@H]3CCCNC3)c3c(Oc4ccc(N(C(=O)C(F)(F)F)c5cc(C)on5)cc4)ccnc32)cc1. The Morgan fingerprint density at radius 3 is 2.53 bits per heavy atom. The van der Waals surface area contributed by atoms with E-state index in [1.54, 1.807) is 24.1 Å². The third-order valence-corrected chi connectivity index (χ3v) is 7.34. The molecule has 1 fully saturated rings. The fourth-order valence-corrected chi connectivity index (χ4v) is 5.17. The summed E-state index contributed by atoms with van der Waals surface area (Å²) in [4.78, 5) is 17.4. The predicted octanol–water partition coefficient (Wildman–Crippen LogP) is 5.97. The molecule has 1 saturated heterocycles. The summed E-state index contributed by atoms with van der Waals surface area (Å²) in [5.41, 5.74) is 1.53. The number of nitrogens with one attached hydrogen (secondary N) is 2. The Labute approximate surface area is 255 Å². The van der Waals surface area contributed by atoms with Crippen LogP contribution >= 0.6 is 0 Å². The maximum Gasteiger partial charge on any atom is 0.472 e. The number of piperidine rings is 1. The van der Waals surface area contributed by atoms with Crippen LogP contribution in [0.25, 0.3) is 11.0 Å². The van der Waals surface area contributed by atoms with E-state index in [9.17, 15) is 18.0 Å². The fraction of sp³-hybridized carbons (Fsp3) is 0.290. The van der Waals surface area contributed by atoms with Crippen LogP contribution in [0.15, 0.2) is 71.4 Å². The van der Waals surface area contributed by atoms with Crippen molar-refractivity contribution in [2.24, 2.45) is 0 Å². The number of hydrogen-bond donors (Lipinski definition) is 2. The van der Waals surface area contributed by atoms with Gasteiger partial charge in [0.15, 0.2) is 17.3 Å². The summed E-state index contributed by atoms with van der Waals surface area (Å²) >= 11 is 0. The molecule has 3 aromatic heterocycles. The van der Waals surface area contributed by atoms with E-state index in [0.29, 0.717) is 39.8 Å². The van der Waals surface area contributed by atoms with Crippen LogP contribution in [0, 0.1) is 6.92 Å². The molecule has 1 amide bonds. The molecule has 2 aromatic carbocycles. The Morgan fingerprint density at radius 2 is 1.89 bits per heavy atom. The standard InChI is InChI=1S/C31H30F3N7O4/c1-19-16-26(39-45-19)41(30(42)31(32,33)34)22-7-11-24(12-8-22)44-25-13-15-36-29-27(25)28(37-21-4-3-14-35-17-21)38-40(29)18-20-5-9-23(43-2)10-6-20/h5-13,15-16,21,35H,3-4,14,17-18H2,1-2H3,(H,37,38)/t21-/m1/s1. The van der Waals surface area contributed by atoms with Crippen LogP contribution in [0.5, 0.6) is 17.2 Å². The number of alkyl halides is 3. The number of benzene rings is 2. The summed E-state index contributed by atoms with van der Waals surface area (Å²) in [6.45, 7) is 3.70. The molecule has 14 heteroatoms. The number of pyridine rings is 1. The fourth-order valence-electron chi connectivity index (χ4n) is 5.17. The van der Waals surface area contributed by atoms with Crippen molar-refractivity contribution in [3.05, 3.63) is 78.2 Å². The Kier molecular flexibility index (Phi) is 8.30. The highest BCUT2D eigenvalue weighted by Gasteiger charge is 2.44. The van der Waals surface area contributed by atoms with Crippen LogP contribution in [0.2, 0.25) is 0 Å². The summed E-state index contributed by atoms with van der Waals surface area (Å²) in [6, 6.07) is 16.4. The van der Waals surface area contributed by atoms with Crippen molar-refractivity contribution in [3.8, 4) is 17.2 Å². The molecule has 11 nitrogen and oxygen atoms in total. The molecule has 2 N–H and O–H groups in total. The average Bonchev–Trinajstić information content (AvgIpc) is 3.62. The maximum atomic E-state index is 13.5. The summed E-state index contributed by atoms with van der Waals surface area (Å²) < 4.78 is 58.7. The number of hydrogen-bond acceptors (Lipinski definition) is 9. The second kappa shape index (κ2) is 12.5. The highest BCUT2D eigenvalue weighted by atomic mass is 19.4. The highest BCUT2D eigenvalue weighted by Crippen LogP contribution is 2.37. The van der Waals surface area contributed by atoms with Gasteiger partial charge in [-0.05, 0) is 68.3 Å². The molecule has 1 aliphatic rings. The number of aromatic nitrogens is 4. The lowest BCUT2D eigenvalue weighted by Gasteiger charge is -2.24.